The van der Waals surface area contributed by atoms with Crippen LogP contribution in [0.4, 0.5) is 0 Å². The Morgan fingerprint density at radius 3 is 2.62 bits per heavy atom. The number of hydrogen-bond donors (Lipinski definition) is 1. The van der Waals surface area contributed by atoms with E-state index in [0.717, 1.165) is 16.8 Å². The third-order valence-electron chi connectivity index (χ3n) is 2.68. The fourth-order valence-corrected chi connectivity index (χ4v) is 1.76. The van der Waals surface area contributed by atoms with E-state index >= 15 is 0 Å². The van der Waals surface area contributed by atoms with Crippen LogP contribution in [0.1, 0.15) is 30.9 Å². The van der Waals surface area contributed by atoms with E-state index in [1.54, 1.807) is 10.9 Å². The molecule has 0 radical (unpaired) electrons. The van der Waals surface area contributed by atoms with Crippen molar-refractivity contribution >= 4 is 0 Å². The summed E-state index contributed by atoms with van der Waals surface area (Å²) in [6.07, 6.45) is 1.79. The van der Waals surface area contributed by atoms with E-state index in [0.29, 0.717) is 0 Å². The highest BCUT2D eigenvalue weighted by atomic mass is 16.1. The number of aromatic amines is 1. The minimum Gasteiger partial charge on any atom is -0.298 e. The summed E-state index contributed by atoms with van der Waals surface area (Å²) in [5, 5.41) is 3.00. The second-order valence-electron chi connectivity index (χ2n) is 4.36. The van der Waals surface area contributed by atoms with Crippen molar-refractivity contribution in [2.45, 2.75) is 26.7 Å². The minimum atomic E-state index is 0.0422. The molecule has 0 atom stereocenters. The van der Waals surface area contributed by atoms with Gasteiger partial charge in [0.25, 0.3) is 5.56 Å². The second-order valence-corrected chi connectivity index (χ2v) is 4.36. The summed E-state index contributed by atoms with van der Waals surface area (Å²) in [5.41, 5.74) is 2.89. The molecule has 0 aliphatic heterocycles. The standard InChI is InChI=1S/C13H16N2O/c1-9(2)12-8-14-15(13(12)16)11-6-4-5-10(3)7-11/h4-9,14H,1-3H3. The summed E-state index contributed by atoms with van der Waals surface area (Å²) in [6.45, 7) is 6.05. The van der Waals surface area contributed by atoms with E-state index in [1.807, 2.05) is 45.0 Å². The molecule has 0 saturated carbocycles. The van der Waals surface area contributed by atoms with Crippen molar-refractivity contribution in [3.63, 3.8) is 0 Å². The molecule has 3 nitrogen and oxygen atoms in total. The largest absolute Gasteiger partial charge is 0.298 e. The van der Waals surface area contributed by atoms with Crippen LogP contribution >= 0.6 is 0 Å². The molecule has 1 N–H and O–H groups in total. The monoisotopic (exact) mass is 216 g/mol. The Kier molecular flexibility index (Phi) is 2.69. The number of aromatic nitrogens is 2. The summed E-state index contributed by atoms with van der Waals surface area (Å²) >= 11 is 0. The molecule has 1 aromatic carbocycles. The van der Waals surface area contributed by atoms with Gasteiger partial charge >= 0.3 is 0 Å². The van der Waals surface area contributed by atoms with Gasteiger partial charge in [-0.3, -0.25) is 9.89 Å². The molecule has 0 bridgehead atoms. The van der Waals surface area contributed by atoms with Gasteiger partial charge < -0.3 is 0 Å². The summed E-state index contributed by atoms with van der Waals surface area (Å²) in [4.78, 5) is 12.1. The Hall–Kier alpha value is -1.77. The number of nitrogens with zero attached hydrogens (tertiary/aromatic N) is 1. The van der Waals surface area contributed by atoms with Crippen LogP contribution in [0.25, 0.3) is 5.69 Å². The van der Waals surface area contributed by atoms with Crippen molar-refractivity contribution in [2.24, 2.45) is 0 Å². The average Bonchev–Trinajstić information content (AvgIpc) is 2.60. The molecule has 0 spiro atoms. The van der Waals surface area contributed by atoms with Crippen molar-refractivity contribution in [1.29, 1.82) is 0 Å². The molecule has 1 heterocycles. The van der Waals surface area contributed by atoms with E-state index in [-0.39, 0.29) is 11.5 Å². The zero-order valence-corrected chi connectivity index (χ0v) is 9.82. The van der Waals surface area contributed by atoms with Gasteiger partial charge in [0, 0.05) is 11.8 Å². The lowest BCUT2D eigenvalue weighted by Crippen LogP contribution is -2.17. The lowest BCUT2D eigenvalue weighted by atomic mass is 10.1. The number of aryl methyl sites for hydroxylation is 1. The van der Waals surface area contributed by atoms with Gasteiger partial charge in [-0.25, -0.2) is 4.68 Å². The predicted octanol–water partition coefficient (Wildman–Crippen LogP) is 2.60. The molecule has 0 unspecified atom stereocenters. The highest BCUT2D eigenvalue weighted by Gasteiger charge is 2.10. The topological polar surface area (TPSA) is 37.8 Å². The van der Waals surface area contributed by atoms with Crippen LogP contribution in [0.15, 0.2) is 35.3 Å². The first-order valence-electron chi connectivity index (χ1n) is 5.47. The summed E-state index contributed by atoms with van der Waals surface area (Å²) in [5.74, 6) is 0.245. The maximum Gasteiger partial charge on any atom is 0.274 e. The van der Waals surface area contributed by atoms with Crippen LogP contribution in [-0.2, 0) is 0 Å². The van der Waals surface area contributed by atoms with Crippen LogP contribution in [0.3, 0.4) is 0 Å². The van der Waals surface area contributed by atoms with E-state index in [1.165, 1.54) is 0 Å². The Balaban J connectivity index is 2.54. The van der Waals surface area contributed by atoms with Crippen molar-refractivity contribution in [1.82, 2.24) is 9.78 Å². The molecule has 0 fully saturated rings. The van der Waals surface area contributed by atoms with E-state index in [2.05, 4.69) is 5.10 Å². The van der Waals surface area contributed by atoms with Gasteiger partial charge in [-0.2, -0.15) is 0 Å². The summed E-state index contributed by atoms with van der Waals surface area (Å²) in [7, 11) is 0. The fourth-order valence-electron chi connectivity index (χ4n) is 1.76. The fraction of sp³-hybridized carbons (Fsp3) is 0.308. The molecule has 2 aromatic rings. The maximum absolute atomic E-state index is 12.1. The molecule has 0 aliphatic carbocycles. The normalized spacial score (nSPS) is 11.0. The molecule has 0 saturated heterocycles. The quantitative estimate of drug-likeness (QED) is 0.823. The Morgan fingerprint density at radius 2 is 2.06 bits per heavy atom. The average molecular weight is 216 g/mol. The highest BCUT2D eigenvalue weighted by molar-refractivity contribution is 5.35. The van der Waals surface area contributed by atoms with Gasteiger partial charge in [0.15, 0.2) is 0 Å². The molecular formula is C13H16N2O. The molecule has 2 rings (SSSR count). The zero-order chi connectivity index (χ0) is 11.7. The van der Waals surface area contributed by atoms with Crippen LogP contribution in [-0.4, -0.2) is 9.78 Å². The Morgan fingerprint density at radius 1 is 1.31 bits per heavy atom. The van der Waals surface area contributed by atoms with Gasteiger partial charge in [-0.1, -0.05) is 26.0 Å². The van der Waals surface area contributed by atoms with E-state index < -0.39 is 0 Å². The molecule has 0 amide bonds. The van der Waals surface area contributed by atoms with Gasteiger partial charge in [0.05, 0.1) is 5.69 Å². The first-order chi connectivity index (χ1) is 7.59. The van der Waals surface area contributed by atoms with Gasteiger partial charge in [0.1, 0.15) is 0 Å². The van der Waals surface area contributed by atoms with Gasteiger partial charge in [0.2, 0.25) is 0 Å². The maximum atomic E-state index is 12.1. The van der Waals surface area contributed by atoms with Crippen LogP contribution < -0.4 is 5.56 Å². The summed E-state index contributed by atoms with van der Waals surface area (Å²) in [6, 6.07) is 7.88. The molecule has 1 aromatic heterocycles. The van der Waals surface area contributed by atoms with Crippen molar-refractivity contribution < 1.29 is 0 Å². The first-order valence-corrected chi connectivity index (χ1v) is 5.47. The highest BCUT2D eigenvalue weighted by Crippen LogP contribution is 2.11. The Labute approximate surface area is 94.7 Å². The van der Waals surface area contributed by atoms with Gasteiger partial charge in [-0.05, 0) is 30.5 Å². The van der Waals surface area contributed by atoms with Crippen LogP contribution in [0.2, 0.25) is 0 Å². The summed E-state index contributed by atoms with van der Waals surface area (Å²) < 4.78 is 1.59. The van der Waals surface area contributed by atoms with Crippen molar-refractivity contribution in [3.05, 3.63) is 51.9 Å². The number of H-pyrrole nitrogens is 1. The molecule has 3 heteroatoms. The van der Waals surface area contributed by atoms with Crippen molar-refractivity contribution in [3.8, 4) is 5.69 Å². The lowest BCUT2D eigenvalue weighted by Gasteiger charge is -2.02. The van der Waals surface area contributed by atoms with Crippen LogP contribution in [0.5, 0.6) is 0 Å². The van der Waals surface area contributed by atoms with Crippen molar-refractivity contribution in [2.75, 3.05) is 0 Å². The number of benzene rings is 1. The second kappa shape index (κ2) is 4.00. The number of hydrogen-bond acceptors (Lipinski definition) is 1. The predicted molar refractivity (Wildman–Crippen MR) is 65.2 cm³/mol. The smallest absolute Gasteiger partial charge is 0.274 e. The Bertz CT molecular complexity index is 549. The van der Waals surface area contributed by atoms with Crippen LogP contribution in [0, 0.1) is 6.92 Å². The molecule has 16 heavy (non-hydrogen) atoms. The van der Waals surface area contributed by atoms with E-state index in [4.69, 9.17) is 0 Å². The van der Waals surface area contributed by atoms with E-state index in [9.17, 15) is 4.79 Å². The SMILES string of the molecule is Cc1cccc(-n2[nH]cc(C(C)C)c2=O)c1. The third-order valence-corrected chi connectivity index (χ3v) is 2.68. The number of rotatable bonds is 2. The molecule has 0 aliphatic rings. The third kappa shape index (κ3) is 1.81. The molecular weight excluding hydrogens is 200 g/mol. The lowest BCUT2D eigenvalue weighted by molar-refractivity contribution is 0.824. The minimum absolute atomic E-state index is 0.0422. The zero-order valence-electron chi connectivity index (χ0n) is 9.82. The number of nitrogens with one attached hydrogen (secondary N) is 1. The van der Waals surface area contributed by atoms with Gasteiger partial charge in [-0.15, -0.1) is 0 Å². The first kappa shape index (κ1) is 10.7. The molecule has 84 valence electrons.